The molecule has 0 spiro atoms. The average Bonchev–Trinajstić information content (AvgIpc) is 2.23. The maximum absolute atomic E-state index is 11.6. The molecule has 0 saturated heterocycles. The fourth-order valence-corrected chi connectivity index (χ4v) is 1.53. The van der Waals surface area contributed by atoms with Crippen LogP contribution in [0.3, 0.4) is 0 Å². The summed E-state index contributed by atoms with van der Waals surface area (Å²) in [6.07, 6.45) is 1.57. The third-order valence-corrected chi connectivity index (χ3v) is 2.50. The maximum Gasteiger partial charge on any atom is 0.225 e. The summed E-state index contributed by atoms with van der Waals surface area (Å²) in [7, 11) is 0. The third-order valence-electron chi connectivity index (χ3n) is 1.92. The van der Waals surface area contributed by atoms with Crippen molar-refractivity contribution in [1.82, 2.24) is 15.3 Å². The van der Waals surface area contributed by atoms with Crippen molar-refractivity contribution >= 4 is 34.8 Å². The predicted octanol–water partition coefficient (Wildman–Crippen LogP) is 2.11. The van der Waals surface area contributed by atoms with Gasteiger partial charge in [0.25, 0.3) is 0 Å². The van der Waals surface area contributed by atoms with Crippen LogP contribution in [0, 0.1) is 0 Å². The Balaban J connectivity index is 2.51. The lowest BCUT2D eigenvalue weighted by molar-refractivity contribution is -0.116. The summed E-state index contributed by atoms with van der Waals surface area (Å²) in [6.45, 7) is 4.61. The maximum atomic E-state index is 11.6. The molecular formula is C10H14Cl2N4O. The van der Waals surface area contributed by atoms with E-state index in [2.05, 4.69) is 20.6 Å². The molecular weight excluding hydrogens is 263 g/mol. The summed E-state index contributed by atoms with van der Waals surface area (Å²) in [5.74, 6) is -0.184. The first-order valence-corrected chi connectivity index (χ1v) is 5.95. The van der Waals surface area contributed by atoms with Crippen LogP contribution < -0.4 is 10.6 Å². The SMILES string of the molecule is CC(C)NCCC(=O)Nc1c(Cl)ncnc1Cl. The molecule has 1 aromatic heterocycles. The van der Waals surface area contributed by atoms with Gasteiger partial charge in [0.15, 0.2) is 10.3 Å². The Kier molecular flexibility index (Phi) is 5.61. The van der Waals surface area contributed by atoms with Crippen LogP contribution >= 0.6 is 23.2 Å². The number of nitrogens with zero attached hydrogens (tertiary/aromatic N) is 2. The molecule has 1 rings (SSSR count). The van der Waals surface area contributed by atoms with Crippen molar-refractivity contribution in [2.45, 2.75) is 26.3 Å². The van der Waals surface area contributed by atoms with Gasteiger partial charge in [0.1, 0.15) is 12.0 Å². The lowest BCUT2D eigenvalue weighted by atomic mass is 10.3. The summed E-state index contributed by atoms with van der Waals surface area (Å²) in [4.78, 5) is 19.1. The van der Waals surface area contributed by atoms with Crippen LogP contribution in [0.5, 0.6) is 0 Å². The van der Waals surface area contributed by atoms with E-state index in [9.17, 15) is 4.79 Å². The van der Waals surface area contributed by atoms with Gasteiger partial charge < -0.3 is 10.6 Å². The third kappa shape index (κ3) is 4.85. The Hall–Kier alpha value is -0.910. The lowest BCUT2D eigenvalue weighted by Crippen LogP contribution is -2.27. The Morgan fingerprint density at radius 2 is 1.94 bits per heavy atom. The van der Waals surface area contributed by atoms with Crippen LogP contribution in [0.4, 0.5) is 5.69 Å². The van der Waals surface area contributed by atoms with Crippen molar-refractivity contribution in [3.05, 3.63) is 16.6 Å². The molecule has 7 heteroatoms. The monoisotopic (exact) mass is 276 g/mol. The van der Waals surface area contributed by atoms with Crippen LogP contribution in [0.2, 0.25) is 10.3 Å². The Morgan fingerprint density at radius 3 is 2.47 bits per heavy atom. The van der Waals surface area contributed by atoms with Gasteiger partial charge in [-0.1, -0.05) is 37.0 Å². The molecule has 0 bridgehead atoms. The molecule has 94 valence electrons. The van der Waals surface area contributed by atoms with Gasteiger partial charge >= 0.3 is 0 Å². The van der Waals surface area contributed by atoms with Gasteiger partial charge in [0.05, 0.1) is 0 Å². The lowest BCUT2D eigenvalue weighted by Gasteiger charge is -2.09. The summed E-state index contributed by atoms with van der Waals surface area (Å²) < 4.78 is 0. The number of carbonyl (C=O) groups excluding carboxylic acids is 1. The van der Waals surface area contributed by atoms with E-state index < -0.39 is 0 Å². The predicted molar refractivity (Wildman–Crippen MR) is 68.4 cm³/mol. The summed E-state index contributed by atoms with van der Waals surface area (Å²) in [6, 6.07) is 0.343. The van der Waals surface area contributed by atoms with Gasteiger partial charge in [-0.15, -0.1) is 0 Å². The van der Waals surface area contributed by atoms with E-state index in [-0.39, 0.29) is 21.9 Å². The number of aromatic nitrogens is 2. The Bertz CT molecular complexity index is 378. The van der Waals surface area contributed by atoms with Crippen molar-refractivity contribution < 1.29 is 4.79 Å². The van der Waals surface area contributed by atoms with E-state index in [1.165, 1.54) is 6.33 Å². The molecule has 0 atom stereocenters. The van der Waals surface area contributed by atoms with E-state index in [0.717, 1.165) is 0 Å². The molecule has 1 aromatic rings. The molecule has 0 fully saturated rings. The molecule has 0 aliphatic heterocycles. The van der Waals surface area contributed by atoms with Gasteiger partial charge in [-0.3, -0.25) is 4.79 Å². The van der Waals surface area contributed by atoms with Crippen molar-refractivity contribution in [2.24, 2.45) is 0 Å². The van der Waals surface area contributed by atoms with Crippen LogP contribution in [-0.2, 0) is 4.79 Å². The van der Waals surface area contributed by atoms with Gasteiger partial charge in [0, 0.05) is 19.0 Å². The largest absolute Gasteiger partial charge is 0.321 e. The molecule has 5 nitrogen and oxygen atoms in total. The topological polar surface area (TPSA) is 66.9 Å². The van der Waals surface area contributed by atoms with Crippen molar-refractivity contribution in [3.8, 4) is 0 Å². The molecule has 2 N–H and O–H groups in total. The number of amides is 1. The van der Waals surface area contributed by atoms with E-state index in [1.54, 1.807) is 0 Å². The summed E-state index contributed by atoms with van der Waals surface area (Å²) in [5, 5.41) is 5.99. The van der Waals surface area contributed by atoms with E-state index >= 15 is 0 Å². The quantitative estimate of drug-likeness (QED) is 0.809. The fraction of sp³-hybridized carbons (Fsp3) is 0.500. The van der Waals surface area contributed by atoms with Gasteiger partial charge in [-0.2, -0.15) is 0 Å². The van der Waals surface area contributed by atoms with E-state index in [4.69, 9.17) is 23.2 Å². The molecule has 0 aromatic carbocycles. The number of anilines is 1. The molecule has 0 unspecified atom stereocenters. The molecule has 0 radical (unpaired) electrons. The fourth-order valence-electron chi connectivity index (χ4n) is 1.12. The first kappa shape index (κ1) is 14.2. The second-order valence-corrected chi connectivity index (χ2v) is 4.45. The van der Waals surface area contributed by atoms with E-state index in [1.807, 2.05) is 13.8 Å². The average molecular weight is 277 g/mol. The minimum Gasteiger partial charge on any atom is -0.321 e. The number of hydrogen-bond acceptors (Lipinski definition) is 4. The van der Waals surface area contributed by atoms with E-state index in [0.29, 0.717) is 19.0 Å². The second kappa shape index (κ2) is 6.74. The molecule has 17 heavy (non-hydrogen) atoms. The molecule has 0 saturated carbocycles. The number of rotatable bonds is 5. The minimum absolute atomic E-state index is 0.134. The van der Waals surface area contributed by atoms with Gasteiger partial charge in [0.2, 0.25) is 5.91 Å². The van der Waals surface area contributed by atoms with Crippen LogP contribution in [0.25, 0.3) is 0 Å². The van der Waals surface area contributed by atoms with Crippen molar-refractivity contribution in [1.29, 1.82) is 0 Å². The highest BCUT2D eigenvalue weighted by atomic mass is 35.5. The molecule has 1 heterocycles. The molecule has 0 aliphatic carbocycles. The van der Waals surface area contributed by atoms with Gasteiger partial charge in [-0.25, -0.2) is 9.97 Å². The van der Waals surface area contributed by atoms with Crippen molar-refractivity contribution in [3.63, 3.8) is 0 Å². The van der Waals surface area contributed by atoms with Crippen LogP contribution in [-0.4, -0.2) is 28.5 Å². The number of nitrogens with one attached hydrogen (secondary N) is 2. The van der Waals surface area contributed by atoms with Crippen LogP contribution in [0.1, 0.15) is 20.3 Å². The highest BCUT2D eigenvalue weighted by Crippen LogP contribution is 2.25. The number of halogens is 2. The first-order chi connectivity index (χ1) is 8.00. The Morgan fingerprint density at radius 1 is 1.35 bits per heavy atom. The minimum atomic E-state index is -0.184. The normalized spacial score (nSPS) is 10.6. The first-order valence-electron chi connectivity index (χ1n) is 5.20. The Labute approximate surface area is 110 Å². The zero-order chi connectivity index (χ0) is 12.8. The second-order valence-electron chi connectivity index (χ2n) is 3.74. The molecule has 1 amide bonds. The highest BCUT2D eigenvalue weighted by molar-refractivity contribution is 6.38. The summed E-state index contributed by atoms with van der Waals surface area (Å²) >= 11 is 11.6. The summed E-state index contributed by atoms with van der Waals surface area (Å²) in [5.41, 5.74) is 0.255. The van der Waals surface area contributed by atoms with Crippen LogP contribution in [0.15, 0.2) is 6.33 Å². The number of hydrogen-bond donors (Lipinski definition) is 2. The smallest absolute Gasteiger partial charge is 0.225 e. The zero-order valence-electron chi connectivity index (χ0n) is 9.63. The number of carbonyl (C=O) groups is 1. The highest BCUT2D eigenvalue weighted by Gasteiger charge is 2.11. The zero-order valence-corrected chi connectivity index (χ0v) is 11.1. The standard InChI is InChI=1S/C10H14Cl2N4O/c1-6(2)13-4-3-7(17)16-8-9(11)14-5-15-10(8)12/h5-6,13H,3-4H2,1-2H3,(H,16,17). The molecule has 0 aliphatic rings. The van der Waals surface area contributed by atoms with Crippen molar-refractivity contribution in [2.75, 3.05) is 11.9 Å². The van der Waals surface area contributed by atoms with Gasteiger partial charge in [-0.05, 0) is 0 Å².